The van der Waals surface area contributed by atoms with Crippen LogP contribution < -0.4 is 10.3 Å². The number of sulfonamides is 1. The average Bonchev–Trinajstić information content (AvgIpc) is 3.11. The van der Waals surface area contributed by atoms with Gasteiger partial charge in [-0.25, -0.2) is 13.2 Å². The second-order valence-electron chi connectivity index (χ2n) is 6.18. The normalized spacial score (nSPS) is 11.7. The van der Waals surface area contributed by atoms with Gasteiger partial charge >= 0.3 is 6.16 Å². The first-order valence-corrected chi connectivity index (χ1v) is 10.1. The van der Waals surface area contributed by atoms with Crippen LogP contribution in [-0.2, 0) is 14.8 Å². The van der Waals surface area contributed by atoms with Crippen LogP contribution in [0, 0.1) is 11.3 Å². The lowest BCUT2D eigenvalue weighted by molar-refractivity contribution is 0.0997. The Morgan fingerprint density at radius 3 is 2.79 bits per heavy atom. The monoisotopic (exact) mass is 418 g/mol. The Morgan fingerprint density at radius 2 is 2.10 bits per heavy atom. The highest BCUT2D eigenvalue weighted by atomic mass is 32.2. The Bertz CT molecular complexity index is 1290. The third-order valence-electron chi connectivity index (χ3n) is 4.20. The molecule has 0 aliphatic rings. The summed E-state index contributed by atoms with van der Waals surface area (Å²) in [4.78, 5) is 29.5. The number of aromatic amines is 2. The number of benzene rings is 1. The molecule has 0 spiro atoms. The van der Waals surface area contributed by atoms with Crippen LogP contribution in [0.3, 0.4) is 0 Å². The fourth-order valence-corrected chi connectivity index (χ4v) is 3.88. The molecule has 0 fully saturated rings. The molecule has 3 rings (SSSR count). The molecule has 2 aromatic heterocycles. The number of hydrogen-bond acceptors (Lipinski definition) is 7. The van der Waals surface area contributed by atoms with Gasteiger partial charge in [-0.1, -0.05) is 6.92 Å². The molecule has 0 aliphatic heterocycles. The highest BCUT2D eigenvalue weighted by Gasteiger charge is 2.23. The molecule has 0 atom stereocenters. The van der Waals surface area contributed by atoms with Crippen molar-refractivity contribution in [3.05, 3.63) is 34.7 Å². The molecule has 0 bridgehead atoms. The average molecular weight is 418 g/mol. The quantitative estimate of drug-likeness (QED) is 0.460. The molecular formula is C18H18N4O6S. The van der Waals surface area contributed by atoms with E-state index in [4.69, 9.17) is 14.7 Å². The van der Waals surface area contributed by atoms with Crippen LogP contribution in [0.2, 0.25) is 0 Å². The van der Waals surface area contributed by atoms with Crippen LogP contribution in [0.15, 0.2) is 34.1 Å². The number of pyridine rings is 1. The second-order valence-corrected chi connectivity index (χ2v) is 8.23. The van der Waals surface area contributed by atoms with Crippen LogP contribution in [0.5, 0.6) is 5.75 Å². The topological polar surface area (TPSA) is 145 Å². The molecule has 3 aromatic rings. The van der Waals surface area contributed by atoms with Gasteiger partial charge in [0, 0.05) is 24.1 Å². The van der Waals surface area contributed by atoms with Gasteiger partial charge in [-0.15, -0.1) is 0 Å². The van der Waals surface area contributed by atoms with E-state index in [9.17, 15) is 18.0 Å². The molecule has 0 amide bonds. The number of nitrogens with zero attached hydrogens (tertiary/aromatic N) is 2. The van der Waals surface area contributed by atoms with Gasteiger partial charge in [0.05, 0.1) is 23.0 Å². The summed E-state index contributed by atoms with van der Waals surface area (Å²) >= 11 is 0. The number of hydrogen-bond donors (Lipinski definition) is 2. The SMILES string of the molecule is CCCOC(=O)Oc1c[nH]c2c(=O)[nH]c3ccc(S(=O)(=O)N(C)CC#N)cc3c12. The summed E-state index contributed by atoms with van der Waals surface area (Å²) in [5.74, 6) is 0.0390. The van der Waals surface area contributed by atoms with Crippen molar-refractivity contribution >= 4 is 38.0 Å². The molecule has 0 unspecified atom stereocenters. The molecule has 0 aliphatic carbocycles. The van der Waals surface area contributed by atoms with Gasteiger partial charge in [0.15, 0.2) is 5.75 Å². The van der Waals surface area contributed by atoms with Crippen molar-refractivity contribution in [2.45, 2.75) is 18.2 Å². The highest BCUT2D eigenvalue weighted by molar-refractivity contribution is 7.89. The first-order valence-electron chi connectivity index (χ1n) is 8.64. The van der Waals surface area contributed by atoms with Gasteiger partial charge < -0.3 is 19.4 Å². The molecule has 0 saturated heterocycles. The van der Waals surface area contributed by atoms with Crippen molar-refractivity contribution in [1.29, 1.82) is 5.26 Å². The van der Waals surface area contributed by atoms with E-state index >= 15 is 0 Å². The third-order valence-corrected chi connectivity index (χ3v) is 6.00. The zero-order chi connectivity index (χ0) is 21.2. The predicted molar refractivity (Wildman–Crippen MR) is 104 cm³/mol. The predicted octanol–water partition coefficient (Wildman–Crippen LogP) is 2.08. The minimum Gasteiger partial charge on any atom is -0.434 e. The maximum Gasteiger partial charge on any atom is 0.513 e. The van der Waals surface area contributed by atoms with E-state index in [-0.39, 0.29) is 34.7 Å². The van der Waals surface area contributed by atoms with Crippen molar-refractivity contribution in [3.8, 4) is 11.8 Å². The first kappa shape index (κ1) is 20.4. The number of carbonyl (C=O) groups is 1. The number of ether oxygens (including phenoxy) is 2. The molecule has 0 saturated carbocycles. The fourth-order valence-electron chi connectivity index (χ4n) is 2.79. The van der Waals surface area contributed by atoms with Crippen molar-refractivity contribution in [3.63, 3.8) is 0 Å². The van der Waals surface area contributed by atoms with E-state index in [0.717, 1.165) is 4.31 Å². The summed E-state index contributed by atoms with van der Waals surface area (Å²) in [6.07, 6.45) is 1.01. The largest absolute Gasteiger partial charge is 0.513 e. The summed E-state index contributed by atoms with van der Waals surface area (Å²) in [5, 5.41) is 9.38. The van der Waals surface area contributed by atoms with Gasteiger partial charge in [0.1, 0.15) is 12.1 Å². The third kappa shape index (κ3) is 3.80. The summed E-state index contributed by atoms with van der Waals surface area (Å²) in [6.45, 7) is 1.69. The smallest absolute Gasteiger partial charge is 0.434 e. The van der Waals surface area contributed by atoms with E-state index in [1.54, 1.807) is 6.07 Å². The minimum atomic E-state index is -3.93. The molecule has 152 valence electrons. The van der Waals surface area contributed by atoms with Gasteiger partial charge in [-0.05, 0) is 24.6 Å². The van der Waals surface area contributed by atoms with Gasteiger partial charge in [-0.3, -0.25) is 4.79 Å². The molecule has 11 heteroatoms. The van der Waals surface area contributed by atoms with E-state index in [1.807, 2.05) is 6.92 Å². The number of nitrogens with one attached hydrogen (secondary N) is 2. The van der Waals surface area contributed by atoms with Crippen molar-refractivity contribution in [2.75, 3.05) is 20.2 Å². The highest BCUT2D eigenvalue weighted by Crippen LogP contribution is 2.32. The number of fused-ring (bicyclic) bond motifs is 3. The lowest BCUT2D eigenvalue weighted by Crippen LogP contribution is -2.27. The zero-order valence-electron chi connectivity index (χ0n) is 15.7. The Morgan fingerprint density at radius 1 is 1.34 bits per heavy atom. The number of carbonyl (C=O) groups excluding carboxylic acids is 1. The standard InChI is InChI=1S/C18H18N4O6S/c1-3-8-27-18(24)28-14-10-20-16-15(14)12-9-11(4-5-13(12)21-17(16)23)29(25,26)22(2)7-6-19/h4-5,9-10,20H,3,7-8H2,1-2H3,(H,21,23). The Kier molecular flexibility index (Phi) is 5.58. The molecule has 2 N–H and O–H groups in total. The van der Waals surface area contributed by atoms with E-state index in [0.29, 0.717) is 17.3 Å². The van der Waals surface area contributed by atoms with Crippen LogP contribution in [0.25, 0.3) is 21.8 Å². The number of aromatic nitrogens is 2. The van der Waals surface area contributed by atoms with Crippen molar-refractivity contribution in [1.82, 2.24) is 14.3 Å². The number of rotatable bonds is 6. The van der Waals surface area contributed by atoms with Gasteiger partial charge in [0.25, 0.3) is 5.56 Å². The first-order chi connectivity index (χ1) is 13.8. The van der Waals surface area contributed by atoms with E-state index in [1.165, 1.54) is 31.4 Å². The van der Waals surface area contributed by atoms with Crippen LogP contribution in [0.1, 0.15) is 13.3 Å². The second kappa shape index (κ2) is 7.94. The molecule has 1 aromatic carbocycles. The summed E-state index contributed by atoms with van der Waals surface area (Å²) in [6, 6.07) is 5.91. The van der Waals surface area contributed by atoms with Crippen molar-refractivity contribution in [2.24, 2.45) is 0 Å². The Balaban J connectivity index is 2.18. The minimum absolute atomic E-state index is 0.0390. The van der Waals surface area contributed by atoms with Gasteiger partial charge in [-0.2, -0.15) is 9.57 Å². The van der Waals surface area contributed by atoms with E-state index < -0.39 is 21.7 Å². The molecule has 10 nitrogen and oxygen atoms in total. The van der Waals surface area contributed by atoms with Gasteiger partial charge in [0.2, 0.25) is 10.0 Å². The lowest BCUT2D eigenvalue weighted by atomic mass is 10.1. The number of nitriles is 1. The zero-order valence-corrected chi connectivity index (χ0v) is 16.5. The molecule has 29 heavy (non-hydrogen) atoms. The fraction of sp³-hybridized carbons (Fsp3) is 0.278. The maximum atomic E-state index is 12.7. The van der Waals surface area contributed by atoms with E-state index in [2.05, 4.69) is 9.97 Å². The Labute approximate surface area is 165 Å². The molecule has 2 heterocycles. The lowest BCUT2D eigenvalue weighted by Gasteiger charge is -2.14. The van der Waals surface area contributed by atoms with Crippen LogP contribution in [0.4, 0.5) is 4.79 Å². The summed E-state index contributed by atoms with van der Waals surface area (Å²) in [5.41, 5.74) is 0.0213. The van der Waals surface area contributed by atoms with Crippen LogP contribution in [-0.4, -0.2) is 49.0 Å². The molecular weight excluding hydrogens is 400 g/mol. The molecule has 0 radical (unpaired) electrons. The number of H-pyrrole nitrogens is 2. The maximum absolute atomic E-state index is 12.7. The van der Waals surface area contributed by atoms with Crippen molar-refractivity contribution < 1.29 is 22.7 Å². The summed E-state index contributed by atoms with van der Waals surface area (Å²) in [7, 11) is -2.63. The Hall–Kier alpha value is -3.36. The summed E-state index contributed by atoms with van der Waals surface area (Å²) < 4.78 is 36.4. The van der Waals surface area contributed by atoms with Crippen LogP contribution >= 0.6 is 0 Å².